The van der Waals surface area contributed by atoms with Gasteiger partial charge in [-0.15, -0.1) is 6.58 Å². The molecule has 1 atom stereocenters. The number of hydrogen-bond donors (Lipinski definition) is 1. The zero-order valence-electron chi connectivity index (χ0n) is 10.7. The van der Waals surface area contributed by atoms with Gasteiger partial charge in [0.25, 0.3) is 0 Å². The summed E-state index contributed by atoms with van der Waals surface area (Å²) in [6.45, 7) is 14.5. The molecule has 1 N–H and O–H groups in total. The van der Waals surface area contributed by atoms with Crippen LogP contribution in [0.15, 0.2) is 12.7 Å². The van der Waals surface area contributed by atoms with Crippen molar-refractivity contribution in [3.05, 3.63) is 12.7 Å². The second-order valence-electron chi connectivity index (χ2n) is 4.78. The first-order valence-corrected chi connectivity index (χ1v) is 6.38. The molecule has 3 heteroatoms. The quantitative estimate of drug-likeness (QED) is 0.666. The van der Waals surface area contributed by atoms with Crippen LogP contribution in [0, 0.1) is 5.92 Å². The van der Waals surface area contributed by atoms with Crippen LogP contribution in [0.5, 0.6) is 0 Å². The van der Waals surface area contributed by atoms with E-state index in [1.165, 1.54) is 0 Å². The van der Waals surface area contributed by atoms with Crippen molar-refractivity contribution in [1.29, 1.82) is 0 Å². The zero-order valence-corrected chi connectivity index (χ0v) is 10.7. The van der Waals surface area contributed by atoms with Gasteiger partial charge in [0.2, 0.25) is 0 Å². The van der Waals surface area contributed by atoms with Gasteiger partial charge in [0.05, 0.1) is 13.2 Å². The fraction of sp³-hybridized carbons (Fsp3) is 0.846. The van der Waals surface area contributed by atoms with Gasteiger partial charge in [-0.1, -0.05) is 19.9 Å². The van der Waals surface area contributed by atoms with Crippen molar-refractivity contribution in [3.63, 3.8) is 0 Å². The molecule has 0 aliphatic carbocycles. The molecule has 94 valence electrons. The molecule has 0 aromatic rings. The fourth-order valence-electron chi connectivity index (χ4n) is 2.00. The number of ether oxygens (including phenoxy) is 1. The van der Waals surface area contributed by atoms with E-state index in [1.807, 2.05) is 6.08 Å². The topological polar surface area (TPSA) is 24.5 Å². The van der Waals surface area contributed by atoms with Crippen LogP contribution in [0.2, 0.25) is 0 Å². The number of nitrogens with one attached hydrogen (secondary N) is 1. The molecule has 0 bridgehead atoms. The summed E-state index contributed by atoms with van der Waals surface area (Å²) in [6.07, 6.45) is 3.06. The van der Waals surface area contributed by atoms with Crippen molar-refractivity contribution in [3.8, 4) is 0 Å². The van der Waals surface area contributed by atoms with E-state index in [1.54, 1.807) is 0 Å². The first-order chi connectivity index (χ1) is 7.74. The number of rotatable bonds is 7. The summed E-state index contributed by atoms with van der Waals surface area (Å²) < 4.78 is 5.33. The van der Waals surface area contributed by atoms with E-state index in [-0.39, 0.29) is 0 Å². The van der Waals surface area contributed by atoms with Crippen molar-refractivity contribution >= 4 is 0 Å². The maximum absolute atomic E-state index is 5.33. The maximum Gasteiger partial charge on any atom is 0.0594 e. The van der Waals surface area contributed by atoms with E-state index in [9.17, 15) is 0 Å². The zero-order chi connectivity index (χ0) is 11.8. The third-order valence-electron chi connectivity index (χ3n) is 3.16. The van der Waals surface area contributed by atoms with Crippen molar-refractivity contribution in [1.82, 2.24) is 10.2 Å². The van der Waals surface area contributed by atoms with Crippen molar-refractivity contribution in [2.75, 3.05) is 39.4 Å². The van der Waals surface area contributed by atoms with Crippen molar-refractivity contribution < 1.29 is 4.74 Å². The van der Waals surface area contributed by atoms with Crippen LogP contribution >= 0.6 is 0 Å². The van der Waals surface area contributed by atoms with Crippen LogP contribution in [0.25, 0.3) is 0 Å². The highest BCUT2D eigenvalue weighted by Gasteiger charge is 2.13. The SMILES string of the molecule is C=CCC(NCCN1CCOCC1)C(C)C. The van der Waals surface area contributed by atoms with Crippen molar-refractivity contribution in [2.45, 2.75) is 26.3 Å². The first-order valence-electron chi connectivity index (χ1n) is 6.38. The van der Waals surface area contributed by atoms with Gasteiger partial charge in [-0.3, -0.25) is 4.90 Å². The summed E-state index contributed by atoms with van der Waals surface area (Å²) in [4.78, 5) is 2.46. The van der Waals surface area contributed by atoms with Crippen LogP contribution in [0.3, 0.4) is 0 Å². The molecule has 0 saturated carbocycles. The second kappa shape index (κ2) is 7.82. The summed E-state index contributed by atoms with van der Waals surface area (Å²) in [7, 11) is 0. The molecular weight excluding hydrogens is 200 g/mol. The predicted octanol–water partition coefficient (Wildman–Crippen LogP) is 1.51. The largest absolute Gasteiger partial charge is 0.379 e. The minimum absolute atomic E-state index is 0.568. The molecule has 1 rings (SSSR count). The number of hydrogen-bond acceptors (Lipinski definition) is 3. The minimum atomic E-state index is 0.568. The van der Waals surface area contributed by atoms with E-state index in [0.29, 0.717) is 12.0 Å². The molecule has 16 heavy (non-hydrogen) atoms. The highest BCUT2D eigenvalue weighted by molar-refractivity contribution is 4.80. The van der Waals surface area contributed by atoms with Gasteiger partial charge < -0.3 is 10.1 Å². The highest BCUT2D eigenvalue weighted by atomic mass is 16.5. The maximum atomic E-state index is 5.33. The summed E-state index contributed by atoms with van der Waals surface area (Å²) in [6, 6.07) is 0.568. The van der Waals surface area contributed by atoms with E-state index >= 15 is 0 Å². The molecule has 1 saturated heterocycles. The third kappa shape index (κ3) is 5.10. The Hall–Kier alpha value is -0.380. The van der Waals surface area contributed by atoms with Crippen LogP contribution in [-0.4, -0.2) is 50.3 Å². The molecular formula is C13H26N2O. The lowest BCUT2D eigenvalue weighted by atomic mass is 10.0. The molecule has 0 spiro atoms. The first kappa shape index (κ1) is 13.7. The second-order valence-corrected chi connectivity index (χ2v) is 4.78. The molecule has 3 nitrogen and oxygen atoms in total. The van der Waals surface area contributed by atoms with Gasteiger partial charge in [0.15, 0.2) is 0 Å². The predicted molar refractivity (Wildman–Crippen MR) is 68.7 cm³/mol. The average Bonchev–Trinajstić information content (AvgIpc) is 2.29. The molecule has 1 aliphatic heterocycles. The molecule has 0 aromatic heterocycles. The Balaban J connectivity index is 2.13. The lowest BCUT2D eigenvalue weighted by Crippen LogP contribution is -2.43. The Kier molecular flexibility index (Phi) is 6.69. The summed E-state index contributed by atoms with van der Waals surface area (Å²) >= 11 is 0. The van der Waals surface area contributed by atoms with Crippen LogP contribution in [-0.2, 0) is 4.74 Å². The van der Waals surface area contributed by atoms with E-state index in [4.69, 9.17) is 4.74 Å². The van der Waals surface area contributed by atoms with Crippen molar-refractivity contribution in [2.24, 2.45) is 5.92 Å². The Labute approximate surface area is 99.8 Å². The summed E-state index contributed by atoms with van der Waals surface area (Å²) in [5.41, 5.74) is 0. The van der Waals surface area contributed by atoms with Gasteiger partial charge in [-0.25, -0.2) is 0 Å². The summed E-state index contributed by atoms with van der Waals surface area (Å²) in [5, 5.41) is 3.61. The molecule has 0 aromatic carbocycles. The van der Waals surface area contributed by atoms with Gasteiger partial charge in [0.1, 0.15) is 0 Å². The van der Waals surface area contributed by atoms with E-state index in [0.717, 1.165) is 45.8 Å². The van der Waals surface area contributed by atoms with Gasteiger partial charge in [-0.05, 0) is 12.3 Å². The fourth-order valence-corrected chi connectivity index (χ4v) is 2.00. The molecule has 1 heterocycles. The van der Waals surface area contributed by atoms with Gasteiger partial charge in [0, 0.05) is 32.2 Å². The molecule has 0 amide bonds. The summed E-state index contributed by atoms with van der Waals surface area (Å²) in [5.74, 6) is 0.669. The van der Waals surface area contributed by atoms with Crippen LogP contribution in [0.4, 0.5) is 0 Å². The molecule has 1 fully saturated rings. The van der Waals surface area contributed by atoms with Crippen LogP contribution < -0.4 is 5.32 Å². The monoisotopic (exact) mass is 226 g/mol. The molecule has 0 radical (unpaired) electrons. The molecule has 1 aliphatic rings. The number of nitrogens with zero attached hydrogens (tertiary/aromatic N) is 1. The Morgan fingerprint density at radius 1 is 1.38 bits per heavy atom. The Bertz CT molecular complexity index is 188. The average molecular weight is 226 g/mol. The Morgan fingerprint density at radius 3 is 2.62 bits per heavy atom. The highest BCUT2D eigenvalue weighted by Crippen LogP contribution is 2.06. The number of morpholine rings is 1. The van der Waals surface area contributed by atoms with Gasteiger partial charge in [-0.2, -0.15) is 0 Å². The normalized spacial score (nSPS) is 19.9. The minimum Gasteiger partial charge on any atom is -0.379 e. The van der Waals surface area contributed by atoms with E-state index in [2.05, 4.69) is 30.6 Å². The molecule has 1 unspecified atom stereocenters. The third-order valence-corrected chi connectivity index (χ3v) is 3.16. The smallest absolute Gasteiger partial charge is 0.0594 e. The van der Waals surface area contributed by atoms with E-state index < -0.39 is 0 Å². The standard InChI is InChI=1S/C13H26N2O/c1-4-5-13(12(2)3)14-6-7-15-8-10-16-11-9-15/h4,12-14H,1,5-11H2,2-3H3. The Morgan fingerprint density at radius 2 is 2.06 bits per heavy atom. The lowest BCUT2D eigenvalue weighted by Gasteiger charge is -2.28. The lowest BCUT2D eigenvalue weighted by molar-refractivity contribution is 0.0379. The van der Waals surface area contributed by atoms with Crippen LogP contribution in [0.1, 0.15) is 20.3 Å². The van der Waals surface area contributed by atoms with Gasteiger partial charge >= 0.3 is 0 Å².